The smallest absolute Gasteiger partial charge is 0.330 e. The van der Waals surface area contributed by atoms with Gasteiger partial charge >= 0.3 is 5.97 Å². The Morgan fingerprint density at radius 2 is 2.43 bits per heavy atom. The van der Waals surface area contributed by atoms with Gasteiger partial charge in [0.05, 0.1) is 0 Å². The van der Waals surface area contributed by atoms with Crippen LogP contribution in [0.15, 0.2) is 36.3 Å². The number of allylic oxidation sites excluding steroid dienone is 1. The third-order valence-corrected chi connectivity index (χ3v) is 1.73. The number of aryl methyl sites for hydroxylation is 1. The fourth-order valence-corrected chi connectivity index (χ4v) is 1.07. The Balaban J connectivity index is 2.45. The molecular formula is C10H12N2O2. The van der Waals surface area contributed by atoms with E-state index >= 15 is 0 Å². The van der Waals surface area contributed by atoms with E-state index in [9.17, 15) is 4.79 Å². The summed E-state index contributed by atoms with van der Waals surface area (Å²) in [4.78, 5) is 14.2. The summed E-state index contributed by atoms with van der Waals surface area (Å²) in [6, 6.07) is 3.77. The van der Waals surface area contributed by atoms with Crippen molar-refractivity contribution in [2.45, 2.75) is 12.8 Å². The van der Waals surface area contributed by atoms with Gasteiger partial charge in [0.2, 0.25) is 0 Å². The normalized spacial score (nSPS) is 11.3. The number of rotatable bonds is 4. The summed E-state index contributed by atoms with van der Waals surface area (Å²) >= 11 is 0. The van der Waals surface area contributed by atoms with Crippen LogP contribution in [0.3, 0.4) is 0 Å². The lowest BCUT2D eigenvalue weighted by Crippen LogP contribution is -2.03. The fraction of sp³-hybridized carbons (Fsp3) is 0.200. The van der Waals surface area contributed by atoms with Gasteiger partial charge in [0, 0.05) is 24.2 Å². The third kappa shape index (κ3) is 3.71. The number of nitrogens with two attached hydrogens (primary N) is 1. The summed E-state index contributed by atoms with van der Waals surface area (Å²) in [5.74, 6) is -1.01. The second-order valence-electron chi connectivity index (χ2n) is 2.92. The van der Waals surface area contributed by atoms with Crippen LogP contribution in [0.2, 0.25) is 0 Å². The number of pyridine rings is 1. The Morgan fingerprint density at radius 3 is 3.00 bits per heavy atom. The predicted molar refractivity (Wildman–Crippen MR) is 52.5 cm³/mol. The second-order valence-corrected chi connectivity index (χ2v) is 2.92. The van der Waals surface area contributed by atoms with Crippen molar-refractivity contribution in [3.63, 3.8) is 0 Å². The van der Waals surface area contributed by atoms with Crippen LogP contribution in [0.25, 0.3) is 0 Å². The van der Waals surface area contributed by atoms with Crippen LogP contribution in [0.1, 0.15) is 12.0 Å². The summed E-state index contributed by atoms with van der Waals surface area (Å²) in [6.45, 7) is 0. The molecule has 0 bridgehead atoms. The molecule has 0 unspecified atom stereocenters. The zero-order chi connectivity index (χ0) is 10.4. The van der Waals surface area contributed by atoms with Gasteiger partial charge in [-0.3, -0.25) is 4.98 Å². The highest BCUT2D eigenvalue weighted by atomic mass is 16.4. The minimum absolute atomic E-state index is 0.376. The van der Waals surface area contributed by atoms with Crippen LogP contribution in [-0.4, -0.2) is 16.1 Å². The lowest BCUT2D eigenvalue weighted by atomic mass is 10.1. The maximum Gasteiger partial charge on any atom is 0.330 e. The molecule has 1 aromatic rings. The van der Waals surface area contributed by atoms with Gasteiger partial charge in [-0.2, -0.15) is 0 Å². The lowest BCUT2D eigenvalue weighted by Gasteiger charge is -2.00. The first-order chi connectivity index (χ1) is 6.68. The zero-order valence-corrected chi connectivity index (χ0v) is 7.68. The summed E-state index contributed by atoms with van der Waals surface area (Å²) in [7, 11) is 0. The molecule has 0 fully saturated rings. The minimum atomic E-state index is -1.01. The highest BCUT2D eigenvalue weighted by Gasteiger charge is 1.97. The van der Waals surface area contributed by atoms with Crippen LogP contribution in [0, 0.1) is 0 Å². The quantitative estimate of drug-likeness (QED) is 0.696. The Morgan fingerprint density at radius 1 is 1.64 bits per heavy atom. The van der Waals surface area contributed by atoms with Crippen molar-refractivity contribution in [3.05, 3.63) is 41.9 Å². The molecular weight excluding hydrogens is 180 g/mol. The molecule has 0 aromatic carbocycles. The van der Waals surface area contributed by atoms with E-state index in [2.05, 4.69) is 4.98 Å². The van der Waals surface area contributed by atoms with Crippen molar-refractivity contribution in [2.75, 3.05) is 0 Å². The first kappa shape index (κ1) is 10.2. The number of carbonyl (C=O) groups is 1. The molecule has 0 saturated carbocycles. The molecule has 1 aromatic heterocycles. The highest BCUT2D eigenvalue weighted by Crippen LogP contribution is 2.03. The number of aromatic nitrogens is 1. The SMILES string of the molecule is NC(=CC(=O)O)CCc1cccnc1. The average molecular weight is 192 g/mol. The van der Waals surface area contributed by atoms with Gasteiger partial charge in [-0.1, -0.05) is 6.07 Å². The molecule has 1 heterocycles. The van der Waals surface area contributed by atoms with Gasteiger partial charge in [0.1, 0.15) is 0 Å². The lowest BCUT2D eigenvalue weighted by molar-refractivity contribution is -0.131. The third-order valence-electron chi connectivity index (χ3n) is 1.73. The number of carboxylic acids is 1. The molecule has 0 saturated heterocycles. The standard InChI is InChI=1S/C10H12N2O2/c11-9(6-10(13)14)4-3-8-2-1-5-12-7-8/h1-2,5-7H,3-4,11H2,(H,13,14). The number of hydrogen-bond acceptors (Lipinski definition) is 3. The molecule has 14 heavy (non-hydrogen) atoms. The number of carboxylic acid groups (broad SMARTS) is 1. The van der Waals surface area contributed by atoms with Crippen molar-refractivity contribution in [3.8, 4) is 0 Å². The van der Waals surface area contributed by atoms with E-state index in [0.717, 1.165) is 11.6 Å². The van der Waals surface area contributed by atoms with Crippen molar-refractivity contribution < 1.29 is 9.90 Å². The monoisotopic (exact) mass is 192 g/mol. The van der Waals surface area contributed by atoms with Crippen LogP contribution in [-0.2, 0) is 11.2 Å². The number of nitrogens with zero attached hydrogens (tertiary/aromatic N) is 1. The molecule has 74 valence electrons. The van der Waals surface area contributed by atoms with Crippen LogP contribution in [0.4, 0.5) is 0 Å². The average Bonchev–Trinajstić information content (AvgIpc) is 2.15. The van der Waals surface area contributed by atoms with E-state index in [-0.39, 0.29) is 0 Å². The first-order valence-corrected chi connectivity index (χ1v) is 4.26. The van der Waals surface area contributed by atoms with Crippen molar-refractivity contribution in [1.82, 2.24) is 4.98 Å². The van der Waals surface area contributed by atoms with Gasteiger partial charge in [0.25, 0.3) is 0 Å². The number of aliphatic carboxylic acids is 1. The molecule has 4 heteroatoms. The molecule has 0 atom stereocenters. The van der Waals surface area contributed by atoms with Gasteiger partial charge in [-0.25, -0.2) is 4.79 Å². The van der Waals surface area contributed by atoms with Crippen molar-refractivity contribution in [2.24, 2.45) is 5.73 Å². The molecule has 0 amide bonds. The Hall–Kier alpha value is -1.84. The Kier molecular flexibility index (Phi) is 3.67. The van der Waals surface area contributed by atoms with E-state index < -0.39 is 5.97 Å². The van der Waals surface area contributed by atoms with Gasteiger partial charge in [0.15, 0.2) is 0 Å². The van der Waals surface area contributed by atoms with Gasteiger partial charge in [-0.15, -0.1) is 0 Å². The Labute approximate surface area is 82.1 Å². The largest absolute Gasteiger partial charge is 0.478 e. The second kappa shape index (κ2) is 5.01. The molecule has 0 radical (unpaired) electrons. The van der Waals surface area contributed by atoms with E-state index in [4.69, 9.17) is 10.8 Å². The summed E-state index contributed by atoms with van der Waals surface area (Å²) in [5, 5.41) is 8.41. The van der Waals surface area contributed by atoms with E-state index in [1.807, 2.05) is 12.1 Å². The van der Waals surface area contributed by atoms with Gasteiger partial charge < -0.3 is 10.8 Å². The minimum Gasteiger partial charge on any atom is -0.478 e. The van der Waals surface area contributed by atoms with Crippen molar-refractivity contribution >= 4 is 5.97 Å². The van der Waals surface area contributed by atoms with Crippen molar-refractivity contribution in [1.29, 1.82) is 0 Å². The first-order valence-electron chi connectivity index (χ1n) is 4.26. The molecule has 0 aliphatic rings. The summed E-state index contributed by atoms with van der Waals surface area (Å²) in [6.07, 6.45) is 5.71. The number of hydrogen-bond donors (Lipinski definition) is 2. The van der Waals surface area contributed by atoms with Crippen LogP contribution < -0.4 is 5.73 Å². The highest BCUT2D eigenvalue weighted by molar-refractivity contribution is 5.80. The van der Waals surface area contributed by atoms with Gasteiger partial charge in [-0.05, 0) is 24.5 Å². The van der Waals surface area contributed by atoms with E-state index in [1.54, 1.807) is 12.4 Å². The molecule has 0 aliphatic carbocycles. The molecule has 1 rings (SSSR count). The predicted octanol–water partition coefficient (Wildman–Crippen LogP) is 0.941. The molecule has 0 spiro atoms. The Bertz CT molecular complexity index is 333. The summed E-state index contributed by atoms with van der Waals surface area (Å²) in [5.41, 5.74) is 6.91. The van der Waals surface area contributed by atoms with Crippen LogP contribution >= 0.6 is 0 Å². The summed E-state index contributed by atoms with van der Waals surface area (Å²) < 4.78 is 0. The fourth-order valence-electron chi connectivity index (χ4n) is 1.07. The topological polar surface area (TPSA) is 76.2 Å². The van der Waals surface area contributed by atoms with E-state index in [0.29, 0.717) is 18.5 Å². The zero-order valence-electron chi connectivity index (χ0n) is 7.68. The molecule has 0 aliphatic heterocycles. The molecule has 3 N–H and O–H groups in total. The molecule has 4 nitrogen and oxygen atoms in total. The maximum absolute atomic E-state index is 10.3. The van der Waals surface area contributed by atoms with E-state index in [1.165, 1.54) is 0 Å². The van der Waals surface area contributed by atoms with Crippen LogP contribution in [0.5, 0.6) is 0 Å². The maximum atomic E-state index is 10.3.